The van der Waals surface area contributed by atoms with Gasteiger partial charge in [0.2, 0.25) is 0 Å². The minimum atomic E-state index is 0.717. The molecule has 0 bridgehead atoms. The summed E-state index contributed by atoms with van der Waals surface area (Å²) < 4.78 is 0. The molecule has 5 heteroatoms. The number of nitrogens with zero attached hydrogens (tertiary/aromatic N) is 3. The lowest BCUT2D eigenvalue weighted by Crippen LogP contribution is -2.43. The number of thioether (sulfide) groups is 1. The predicted octanol–water partition coefficient (Wildman–Crippen LogP) is 1.08. The van der Waals surface area contributed by atoms with Gasteiger partial charge in [-0.2, -0.15) is 11.8 Å². The van der Waals surface area contributed by atoms with Gasteiger partial charge in [-0.05, 0) is 31.8 Å². The molecule has 0 aliphatic carbocycles. The van der Waals surface area contributed by atoms with Crippen LogP contribution in [0.1, 0.15) is 19.8 Å². The fourth-order valence-electron chi connectivity index (χ4n) is 2.70. The summed E-state index contributed by atoms with van der Waals surface area (Å²) in [5, 5.41) is 0. The number of guanidine groups is 1. The third-order valence-electron chi connectivity index (χ3n) is 3.76. The van der Waals surface area contributed by atoms with Crippen LogP contribution in [-0.4, -0.2) is 66.5 Å². The first-order chi connectivity index (χ1) is 8.79. The van der Waals surface area contributed by atoms with Gasteiger partial charge in [0, 0.05) is 37.7 Å². The van der Waals surface area contributed by atoms with Crippen molar-refractivity contribution in [1.82, 2.24) is 9.80 Å². The van der Waals surface area contributed by atoms with Gasteiger partial charge in [-0.1, -0.05) is 6.92 Å². The zero-order chi connectivity index (χ0) is 12.8. The third-order valence-corrected chi connectivity index (χ3v) is 4.70. The van der Waals surface area contributed by atoms with Gasteiger partial charge in [0.25, 0.3) is 0 Å². The molecular formula is C13H26N4S. The van der Waals surface area contributed by atoms with E-state index in [1.165, 1.54) is 44.0 Å². The SMILES string of the molecule is CCCN1CCC(CN=C(N)N2CCSCC2)C1. The number of hydrogen-bond donors (Lipinski definition) is 1. The normalized spacial score (nSPS) is 26.8. The van der Waals surface area contributed by atoms with E-state index < -0.39 is 0 Å². The Kier molecular flexibility index (Phi) is 5.63. The highest BCUT2D eigenvalue weighted by molar-refractivity contribution is 7.99. The molecule has 104 valence electrons. The first kappa shape index (κ1) is 14.0. The maximum Gasteiger partial charge on any atom is 0.191 e. The van der Waals surface area contributed by atoms with E-state index in [0.29, 0.717) is 5.92 Å². The Bertz CT molecular complexity index is 276. The van der Waals surface area contributed by atoms with Gasteiger partial charge < -0.3 is 15.5 Å². The number of nitrogens with two attached hydrogens (primary N) is 1. The molecule has 0 aromatic rings. The van der Waals surface area contributed by atoms with Gasteiger partial charge in [-0.3, -0.25) is 4.99 Å². The molecule has 2 aliphatic rings. The Balaban J connectivity index is 1.73. The van der Waals surface area contributed by atoms with Crippen LogP contribution in [0.15, 0.2) is 4.99 Å². The van der Waals surface area contributed by atoms with Crippen molar-refractivity contribution in [1.29, 1.82) is 0 Å². The largest absolute Gasteiger partial charge is 0.370 e. The van der Waals surface area contributed by atoms with Gasteiger partial charge in [-0.25, -0.2) is 0 Å². The van der Waals surface area contributed by atoms with E-state index in [9.17, 15) is 0 Å². The molecule has 2 N–H and O–H groups in total. The third kappa shape index (κ3) is 4.05. The highest BCUT2D eigenvalue weighted by Gasteiger charge is 2.21. The van der Waals surface area contributed by atoms with E-state index in [0.717, 1.165) is 25.6 Å². The molecule has 0 spiro atoms. The molecule has 2 aliphatic heterocycles. The standard InChI is InChI=1S/C13H26N4S/c1-2-4-16-5-3-12(11-16)10-15-13(14)17-6-8-18-9-7-17/h12H,2-11H2,1H3,(H2,14,15). The second kappa shape index (κ2) is 7.24. The van der Waals surface area contributed by atoms with E-state index >= 15 is 0 Å². The average molecular weight is 270 g/mol. The molecule has 18 heavy (non-hydrogen) atoms. The van der Waals surface area contributed by atoms with Crippen LogP contribution in [0.25, 0.3) is 0 Å². The Morgan fingerprint density at radius 3 is 2.83 bits per heavy atom. The average Bonchev–Trinajstić information content (AvgIpc) is 2.85. The molecule has 0 radical (unpaired) electrons. The van der Waals surface area contributed by atoms with Gasteiger partial charge in [0.15, 0.2) is 5.96 Å². The molecule has 1 atom stereocenters. The second-order valence-electron chi connectivity index (χ2n) is 5.25. The van der Waals surface area contributed by atoms with Crippen molar-refractivity contribution in [3.05, 3.63) is 0 Å². The summed E-state index contributed by atoms with van der Waals surface area (Å²) in [5.74, 6) is 3.85. The van der Waals surface area contributed by atoms with Gasteiger partial charge in [0.1, 0.15) is 0 Å². The van der Waals surface area contributed by atoms with Crippen molar-refractivity contribution in [2.24, 2.45) is 16.6 Å². The van der Waals surface area contributed by atoms with Gasteiger partial charge >= 0.3 is 0 Å². The van der Waals surface area contributed by atoms with E-state index in [1.807, 2.05) is 11.8 Å². The Labute approximate surface area is 115 Å². The van der Waals surface area contributed by atoms with E-state index in [2.05, 4.69) is 21.7 Å². The van der Waals surface area contributed by atoms with Crippen LogP contribution in [0.5, 0.6) is 0 Å². The van der Waals surface area contributed by atoms with Crippen molar-refractivity contribution < 1.29 is 0 Å². The van der Waals surface area contributed by atoms with Crippen LogP contribution in [0, 0.1) is 5.92 Å². The molecule has 2 saturated heterocycles. The van der Waals surface area contributed by atoms with Crippen LogP contribution in [0.4, 0.5) is 0 Å². The number of likely N-dealkylation sites (tertiary alicyclic amines) is 1. The highest BCUT2D eigenvalue weighted by Crippen LogP contribution is 2.16. The molecule has 2 fully saturated rings. The van der Waals surface area contributed by atoms with Gasteiger partial charge in [-0.15, -0.1) is 0 Å². The summed E-state index contributed by atoms with van der Waals surface area (Å²) in [4.78, 5) is 9.39. The van der Waals surface area contributed by atoms with Crippen molar-refractivity contribution in [2.75, 3.05) is 50.8 Å². The molecule has 1 unspecified atom stereocenters. The number of aliphatic imine (C=N–C) groups is 1. The topological polar surface area (TPSA) is 44.9 Å². The monoisotopic (exact) mass is 270 g/mol. The first-order valence-corrected chi connectivity index (χ1v) is 8.30. The second-order valence-corrected chi connectivity index (χ2v) is 6.48. The minimum Gasteiger partial charge on any atom is -0.370 e. The van der Waals surface area contributed by atoms with Crippen molar-refractivity contribution in [2.45, 2.75) is 19.8 Å². The zero-order valence-electron chi connectivity index (χ0n) is 11.5. The minimum absolute atomic E-state index is 0.717. The van der Waals surface area contributed by atoms with E-state index in [1.54, 1.807) is 0 Å². The Morgan fingerprint density at radius 1 is 1.33 bits per heavy atom. The maximum absolute atomic E-state index is 6.07. The molecule has 2 rings (SSSR count). The predicted molar refractivity (Wildman–Crippen MR) is 80.2 cm³/mol. The molecule has 0 amide bonds. The number of hydrogen-bond acceptors (Lipinski definition) is 3. The summed E-state index contributed by atoms with van der Waals surface area (Å²) in [6.45, 7) is 8.97. The summed E-state index contributed by atoms with van der Waals surface area (Å²) in [7, 11) is 0. The molecule has 0 aromatic carbocycles. The lowest BCUT2D eigenvalue weighted by molar-refractivity contribution is 0.326. The van der Waals surface area contributed by atoms with E-state index in [4.69, 9.17) is 5.73 Å². The van der Waals surface area contributed by atoms with Crippen LogP contribution in [0.3, 0.4) is 0 Å². The summed E-state index contributed by atoms with van der Waals surface area (Å²) in [6, 6.07) is 0. The maximum atomic E-state index is 6.07. The van der Waals surface area contributed by atoms with Crippen molar-refractivity contribution in [3.63, 3.8) is 0 Å². The molecule has 4 nitrogen and oxygen atoms in total. The quantitative estimate of drug-likeness (QED) is 0.613. The smallest absolute Gasteiger partial charge is 0.191 e. The molecular weight excluding hydrogens is 244 g/mol. The fourth-order valence-corrected chi connectivity index (χ4v) is 3.60. The molecule has 0 aromatic heterocycles. The fraction of sp³-hybridized carbons (Fsp3) is 0.923. The van der Waals surface area contributed by atoms with Crippen LogP contribution >= 0.6 is 11.8 Å². The van der Waals surface area contributed by atoms with Crippen LogP contribution in [-0.2, 0) is 0 Å². The number of rotatable bonds is 4. The molecule has 2 heterocycles. The van der Waals surface area contributed by atoms with Crippen LogP contribution in [0.2, 0.25) is 0 Å². The Hall–Kier alpha value is -0.420. The summed E-state index contributed by atoms with van der Waals surface area (Å²) in [5.41, 5.74) is 6.07. The van der Waals surface area contributed by atoms with Crippen molar-refractivity contribution >= 4 is 17.7 Å². The van der Waals surface area contributed by atoms with Gasteiger partial charge in [0.05, 0.1) is 0 Å². The molecule has 0 saturated carbocycles. The summed E-state index contributed by atoms with van der Waals surface area (Å²) >= 11 is 2.01. The van der Waals surface area contributed by atoms with E-state index in [-0.39, 0.29) is 0 Å². The Morgan fingerprint density at radius 2 is 2.11 bits per heavy atom. The van der Waals surface area contributed by atoms with Crippen LogP contribution < -0.4 is 5.73 Å². The lowest BCUT2D eigenvalue weighted by Gasteiger charge is -2.27. The highest BCUT2D eigenvalue weighted by atomic mass is 32.2. The first-order valence-electron chi connectivity index (χ1n) is 7.14. The zero-order valence-corrected chi connectivity index (χ0v) is 12.3. The lowest BCUT2D eigenvalue weighted by atomic mass is 10.1. The van der Waals surface area contributed by atoms with Crippen molar-refractivity contribution in [3.8, 4) is 0 Å². The summed E-state index contributed by atoms with van der Waals surface area (Å²) in [6.07, 6.45) is 2.54.